The van der Waals surface area contributed by atoms with Crippen LogP contribution in [0.5, 0.6) is 0 Å². The van der Waals surface area contributed by atoms with Gasteiger partial charge in [-0.2, -0.15) is 0 Å². The lowest BCUT2D eigenvalue weighted by Crippen LogP contribution is -2.32. The van der Waals surface area contributed by atoms with Gasteiger partial charge in [-0.3, -0.25) is 9.59 Å². The van der Waals surface area contributed by atoms with Crippen LogP contribution >= 0.6 is 0 Å². The number of aliphatic hydroxyl groups excluding tert-OH is 1. The van der Waals surface area contributed by atoms with Gasteiger partial charge in [-0.1, -0.05) is 71.4 Å². The molecule has 1 aromatic heterocycles. The largest absolute Gasteiger partial charge is 0.481 e. The Kier molecular flexibility index (Phi) is 7.36. The van der Waals surface area contributed by atoms with Crippen molar-refractivity contribution in [3.63, 3.8) is 0 Å². The van der Waals surface area contributed by atoms with Crippen LogP contribution in [0.1, 0.15) is 29.5 Å². The number of carboxylic acids is 1. The summed E-state index contributed by atoms with van der Waals surface area (Å²) in [6.45, 7) is 3.94. The highest BCUT2D eigenvalue weighted by Crippen LogP contribution is 2.22. The van der Waals surface area contributed by atoms with Gasteiger partial charge in [0.1, 0.15) is 5.52 Å². The van der Waals surface area contributed by atoms with Gasteiger partial charge < -0.3 is 10.2 Å². The maximum absolute atomic E-state index is 12.8. The minimum absolute atomic E-state index is 0.0649. The predicted octanol–water partition coefficient (Wildman–Crippen LogP) is 4.16. The van der Waals surface area contributed by atoms with E-state index in [1.165, 1.54) is 10.2 Å². The van der Waals surface area contributed by atoms with E-state index in [2.05, 4.69) is 41.5 Å². The summed E-state index contributed by atoms with van der Waals surface area (Å²) in [5.74, 6) is -2.10. The zero-order chi connectivity index (χ0) is 24.9. The third-order valence-corrected chi connectivity index (χ3v) is 6.46. The summed E-state index contributed by atoms with van der Waals surface area (Å²) in [6, 6.07) is 21.7. The molecule has 4 rings (SSSR count). The first-order valence-electron chi connectivity index (χ1n) is 11.7. The van der Waals surface area contributed by atoms with E-state index in [4.69, 9.17) is 0 Å². The van der Waals surface area contributed by atoms with E-state index in [1.807, 2.05) is 43.3 Å². The number of aromatic nitrogens is 3. The number of hydrogen-bond donors (Lipinski definition) is 2. The van der Waals surface area contributed by atoms with Gasteiger partial charge in [0, 0.05) is 6.54 Å². The molecule has 2 N–H and O–H groups in total. The number of rotatable bonds is 9. The standard InChI is InChI=1S/C28H29N3O4/c1-18-6-11-21(12-7-18)22-13-8-20(9-14-22)10-15-25(32)23(28(34)35)16-17-31-27(33)26-19(2)4-3-5-24(26)29-30-31/h3-9,11-14,23,25,32H,10,15-17H2,1-2H3,(H,34,35)/t23-,25+/m0/s1. The molecule has 4 aromatic rings. The highest BCUT2D eigenvalue weighted by atomic mass is 16.4. The van der Waals surface area contributed by atoms with Crippen LogP contribution in [-0.4, -0.2) is 37.3 Å². The lowest BCUT2D eigenvalue weighted by atomic mass is 9.93. The van der Waals surface area contributed by atoms with Crippen molar-refractivity contribution >= 4 is 16.9 Å². The SMILES string of the molecule is Cc1ccc(-c2ccc(CC[C@@H](O)[C@H](CCn3nnc4cccc(C)c4c3=O)C(=O)O)cc2)cc1. The van der Waals surface area contributed by atoms with Crippen LogP contribution in [0.15, 0.2) is 71.5 Å². The van der Waals surface area contributed by atoms with Gasteiger partial charge in [-0.25, -0.2) is 4.68 Å². The minimum atomic E-state index is -1.09. The molecule has 0 aliphatic heterocycles. The molecule has 0 bridgehead atoms. The van der Waals surface area contributed by atoms with Gasteiger partial charge in [-0.15, -0.1) is 5.10 Å². The number of benzene rings is 3. The van der Waals surface area contributed by atoms with Crippen LogP contribution in [0.3, 0.4) is 0 Å². The molecule has 35 heavy (non-hydrogen) atoms. The second-order valence-electron chi connectivity index (χ2n) is 8.99. The van der Waals surface area contributed by atoms with Crippen molar-refractivity contribution < 1.29 is 15.0 Å². The summed E-state index contributed by atoms with van der Waals surface area (Å²) >= 11 is 0. The molecule has 2 atom stereocenters. The molecule has 0 fully saturated rings. The molecule has 0 aliphatic carbocycles. The fraction of sp³-hybridized carbons (Fsp3) is 0.286. The summed E-state index contributed by atoms with van der Waals surface area (Å²) in [4.78, 5) is 24.7. The number of hydrogen-bond acceptors (Lipinski definition) is 5. The normalized spacial score (nSPS) is 13.0. The highest BCUT2D eigenvalue weighted by Gasteiger charge is 2.26. The third-order valence-electron chi connectivity index (χ3n) is 6.46. The van der Waals surface area contributed by atoms with E-state index in [9.17, 15) is 19.8 Å². The zero-order valence-electron chi connectivity index (χ0n) is 19.9. The Morgan fingerprint density at radius 3 is 2.26 bits per heavy atom. The van der Waals surface area contributed by atoms with Crippen molar-refractivity contribution in [2.45, 2.75) is 45.8 Å². The number of aliphatic carboxylic acids is 1. The van der Waals surface area contributed by atoms with E-state index in [-0.39, 0.29) is 18.5 Å². The Balaban J connectivity index is 1.39. The summed E-state index contributed by atoms with van der Waals surface area (Å²) < 4.78 is 1.18. The lowest BCUT2D eigenvalue weighted by molar-refractivity contribution is -0.146. The zero-order valence-corrected chi connectivity index (χ0v) is 19.9. The summed E-state index contributed by atoms with van der Waals surface area (Å²) in [5.41, 5.74) is 5.47. The van der Waals surface area contributed by atoms with Crippen LogP contribution in [0, 0.1) is 19.8 Å². The first kappa shape index (κ1) is 24.3. The molecule has 180 valence electrons. The first-order chi connectivity index (χ1) is 16.8. The molecular formula is C28H29N3O4. The fourth-order valence-corrected chi connectivity index (χ4v) is 4.30. The number of aliphatic hydroxyl groups is 1. The van der Waals surface area contributed by atoms with Crippen molar-refractivity contribution in [3.8, 4) is 11.1 Å². The molecule has 0 radical (unpaired) electrons. The van der Waals surface area contributed by atoms with E-state index >= 15 is 0 Å². The average Bonchev–Trinajstić information content (AvgIpc) is 2.85. The molecule has 7 nitrogen and oxygen atoms in total. The van der Waals surface area contributed by atoms with Crippen LogP contribution in [0.4, 0.5) is 0 Å². The Hall–Kier alpha value is -3.84. The van der Waals surface area contributed by atoms with E-state index in [0.717, 1.165) is 22.3 Å². The van der Waals surface area contributed by atoms with Crippen molar-refractivity contribution in [2.75, 3.05) is 0 Å². The van der Waals surface area contributed by atoms with Gasteiger partial charge in [0.15, 0.2) is 0 Å². The smallest absolute Gasteiger partial charge is 0.309 e. The summed E-state index contributed by atoms with van der Waals surface area (Å²) in [5, 5.41) is 28.9. The third kappa shape index (κ3) is 5.63. The lowest BCUT2D eigenvalue weighted by Gasteiger charge is -2.19. The number of nitrogens with zero attached hydrogens (tertiary/aromatic N) is 3. The molecule has 0 saturated heterocycles. The van der Waals surface area contributed by atoms with E-state index < -0.39 is 18.0 Å². The molecule has 0 unspecified atom stereocenters. The number of carbonyl (C=O) groups is 1. The quantitative estimate of drug-likeness (QED) is 0.380. The maximum Gasteiger partial charge on any atom is 0.309 e. The monoisotopic (exact) mass is 471 g/mol. The summed E-state index contributed by atoms with van der Waals surface area (Å²) in [6.07, 6.45) is -0.114. The molecule has 7 heteroatoms. The van der Waals surface area contributed by atoms with Crippen LogP contribution in [0.25, 0.3) is 22.0 Å². The van der Waals surface area contributed by atoms with E-state index in [0.29, 0.717) is 23.7 Å². The van der Waals surface area contributed by atoms with Crippen molar-refractivity contribution in [1.29, 1.82) is 0 Å². The fourth-order valence-electron chi connectivity index (χ4n) is 4.30. The van der Waals surface area contributed by atoms with Gasteiger partial charge in [-0.05, 0) is 61.4 Å². The van der Waals surface area contributed by atoms with Crippen molar-refractivity contribution in [2.24, 2.45) is 5.92 Å². The predicted molar refractivity (Wildman–Crippen MR) is 135 cm³/mol. The Morgan fingerprint density at radius 2 is 1.60 bits per heavy atom. The Morgan fingerprint density at radius 1 is 0.943 bits per heavy atom. The molecular weight excluding hydrogens is 442 g/mol. The number of carboxylic acid groups (broad SMARTS) is 1. The molecule has 0 amide bonds. The number of aryl methyl sites for hydroxylation is 4. The number of fused-ring (bicyclic) bond motifs is 1. The highest BCUT2D eigenvalue weighted by molar-refractivity contribution is 5.80. The molecule has 3 aromatic carbocycles. The minimum Gasteiger partial charge on any atom is -0.481 e. The van der Waals surface area contributed by atoms with Crippen LogP contribution in [-0.2, 0) is 17.8 Å². The molecule has 0 spiro atoms. The average molecular weight is 472 g/mol. The first-order valence-corrected chi connectivity index (χ1v) is 11.7. The maximum atomic E-state index is 12.8. The van der Waals surface area contributed by atoms with Gasteiger partial charge in [0.05, 0.1) is 17.4 Å². The Bertz CT molecular complexity index is 1380. The molecule has 0 saturated carbocycles. The molecule has 0 aliphatic rings. The van der Waals surface area contributed by atoms with Crippen molar-refractivity contribution in [1.82, 2.24) is 15.0 Å². The summed E-state index contributed by atoms with van der Waals surface area (Å²) in [7, 11) is 0. The topological polar surface area (TPSA) is 105 Å². The van der Waals surface area contributed by atoms with Crippen LogP contribution in [0.2, 0.25) is 0 Å². The van der Waals surface area contributed by atoms with Gasteiger partial charge in [0.25, 0.3) is 5.56 Å². The van der Waals surface area contributed by atoms with Crippen molar-refractivity contribution in [3.05, 3.63) is 93.8 Å². The van der Waals surface area contributed by atoms with Crippen LogP contribution < -0.4 is 5.56 Å². The van der Waals surface area contributed by atoms with Gasteiger partial charge >= 0.3 is 5.97 Å². The Labute approximate surface area is 203 Å². The second-order valence-corrected chi connectivity index (χ2v) is 8.99. The second kappa shape index (κ2) is 10.6. The molecule has 1 heterocycles. The van der Waals surface area contributed by atoms with E-state index in [1.54, 1.807) is 6.07 Å². The van der Waals surface area contributed by atoms with Gasteiger partial charge in [0.2, 0.25) is 0 Å².